The fraction of sp³-hybridized carbons (Fsp3) is 0.185. The molecule has 3 aromatic rings. The molecule has 0 heterocycles. The quantitative estimate of drug-likeness (QED) is 0.236. The van der Waals surface area contributed by atoms with Crippen LogP contribution in [0, 0.1) is 4.91 Å². The molecule has 174 valence electrons. The van der Waals surface area contributed by atoms with E-state index in [-0.39, 0.29) is 0 Å². The van der Waals surface area contributed by atoms with E-state index in [4.69, 9.17) is 4.74 Å². The number of carbonyl (C=O) groups is 2. The highest BCUT2D eigenvalue weighted by Crippen LogP contribution is 2.32. The molecule has 0 bridgehead atoms. The molecule has 0 saturated carbocycles. The van der Waals surface area contributed by atoms with Gasteiger partial charge in [-0.3, -0.25) is 4.90 Å². The van der Waals surface area contributed by atoms with Crippen molar-refractivity contribution in [2.45, 2.75) is 25.4 Å². The molecule has 0 aliphatic carbocycles. The highest BCUT2D eigenvalue weighted by atomic mass is 16.5. The number of allylic oxidation sites excluding steroid dienone is 1. The first-order chi connectivity index (χ1) is 16.5. The van der Waals surface area contributed by atoms with Gasteiger partial charge >= 0.3 is 12.0 Å². The Hall–Kier alpha value is -4.26. The van der Waals surface area contributed by atoms with Crippen molar-refractivity contribution in [3.05, 3.63) is 113 Å². The lowest BCUT2D eigenvalue weighted by molar-refractivity contribution is -0.142. The topological polar surface area (TPSA) is 88.1 Å². The van der Waals surface area contributed by atoms with Crippen molar-refractivity contribution < 1.29 is 14.3 Å². The number of carbonyl (C=O) groups excluding carboxylic acids is 2. The van der Waals surface area contributed by atoms with Crippen molar-refractivity contribution >= 4 is 23.4 Å². The Kier molecular flexibility index (Phi) is 8.29. The number of methoxy groups -OCH3 is 1. The Labute approximate surface area is 199 Å². The predicted molar refractivity (Wildman–Crippen MR) is 134 cm³/mol. The van der Waals surface area contributed by atoms with Crippen LogP contribution in [0.4, 0.5) is 16.2 Å². The number of hydrogen-bond acceptors (Lipinski definition) is 5. The number of esters is 1. The van der Waals surface area contributed by atoms with Gasteiger partial charge in [-0.15, -0.1) is 6.58 Å². The van der Waals surface area contributed by atoms with Crippen LogP contribution < -0.4 is 10.2 Å². The molecule has 3 aromatic carbocycles. The number of anilines is 2. The summed E-state index contributed by atoms with van der Waals surface area (Å²) in [6.45, 7) is 5.51. The van der Waals surface area contributed by atoms with E-state index in [0.29, 0.717) is 23.4 Å². The molecule has 0 aromatic heterocycles. The molecule has 0 aliphatic rings. The molecule has 34 heavy (non-hydrogen) atoms. The summed E-state index contributed by atoms with van der Waals surface area (Å²) in [7, 11) is 1.30. The molecule has 0 fully saturated rings. The maximum atomic E-state index is 13.7. The van der Waals surface area contributed by atoms with E-state index in [1.54, 1.807) is 67.6 Å². The molecular formula is C27H27N3O4. The van der Waals surface area contributed by atoms with Crippen LogP contribution in [0.15, 0.2) is 96.7 Å². The lowest BCUT2D eigenvalue weighted by Crippen LogP contribution is -2.42. The van der Waals surface area contributed by atoms with Gasteiger partial charge in [0.05, 0.1) is 12.8 Å². The zero-order chi connectivity index (χ0) is 24.5. The van der Waals surface area contributed by atoms with Gasteiger partial charge in [0, 0.05) is 5.69 Å². The highest BCUT2D eigenvalue weighted by molar-refractivity contribution is 6.06. The number of rotatable bonds is 9. The van der Waals surface area contributed by atoms with Crippen LogP contribution in [-0.2, 0) is 16.0 Å². The number of nitrogens with zero attached hydrogens (tertiary/aromatic N) is 2. The predicted octanol–water partition coefficient (Wildman–Crippen LogP) is 6.20. The average Bonchev–Trinajstić information content (AvgIpc) is 2.88. The third-order valence-corrected chi connectivity index (χ3v) is 5.43. The van der Waals surface area contributed by atoms with Crippen LogP contribution in [0.25, 0.3) is 0 Å². The molecule has 0 radical (unpaired) electrons. The van der Waals surface area contributed by atoms with Gasteiger partial charge < -0.3 is 10.1 Å². The second kappa shape index (κ2) is 11.6. The second-order valence-electron chi connectivity index (χ2n) is 7.66. The second-order valence-corrected chi connectivity index (χ2v) is 7.66. The fourth-order valence-electron chi connectivity index (χ4n) is 3.67. The summed E-state index contributed by atoms with van der Waals surface area (Å²) < 4.78 is 5.10. The molecular weight excluding hydrogens is 430 g/mol. The molecule has 7 heteroatoms. The normalized spacial score (nSPS) is 12.2. The van der Waals surface area contributed by atoms with Crippen molar-refractivity contribution in [3.63, 3.8) is 0 Å². The number of hydrogen-bond donors (Lipinski definition) is 1. The Morgan fingerprint density at radius 2 is 1.65 bits per heavy atom. The number of urea groups is 1. The van der Waals surface area contributed by atoms with Crippen molar-refractivity contribution in [2.24, 2.45) is 5.18 Å². The van der Waals surface area contributed by atoms with E-state index in [2.05, 4.69) is 17.1 Å². The highest BCUT2D eigenvalue weighted by Gasteiger charge is 2.34. The minimum Gasteiger partial charge on any atom is -0.467 e. The largest absolute Gasteiger partial charge is 0.467 e. The molecule has 0 spiro atoms. The van der Waals surface area contributed by atoms with Gasteiger partial charge in [0.15, 0.2) is 6.04 Å². The number of ether oxygens (including phenoxy) is 1. The monoisotopic (exact) mass is 457 g/mol. The van der Waals surface area contributed by atoms with Crippen LogP contribution in [-0.4, -0.2) is 19.1 Å². The first kappa shape index (κ1) is 24.4. The number of benzene rings is 3. The summed E-state index contributed by atoms with van der Waals surface area (Å²) in [6, 6.07) is 21.2. The summed E-state index contributed by atoms with van der Waals surface area (Å²) in [5, 5.41) is 5.89. The SMILES string of the molecule is C=CCc1ccccc1N(C(=O)Nc1ccc(C(C)N=O)cc1)C(C(=O)OC)c1ccccc1. The molecule has 2 atom stereocenters. The van der Waals surface area contributed by atoms with Crippen LogP contribution in [0.1, 0.15) is 35.7 Å². The number of amides is 2. The van der Waals surface area contributed by atoms with Crippen LogP contribution in [0.3, 0.4) is 0 Å². The zero-order valence-electron chi connectivity index (χ0n) is 19.2. The summed E-state index contributed by atoms with van der Waals surface area (Å²) in [6.07, 6.45) is 2.25. The molecule has 0 saturated heterocycles. The summed E-state index contributed by atoms with van der Waals surface area (Å²) in [5.41, 5.74) is 3.25. The van der Waals surface area contributed by atoms with Gasteiger partial charge in [-0.2, -0.15) is 4.91 Å². The maximum absolute atomic E-state index is 13.7. The molecule has 1 N–H and O–H groups in total. The Bertz CT molecular complexity index is 1150. The Morgan fingerprint density at radius 3 is 2.26 bits per heavy atom. The molecule has 2 amide bonds. The first-order valence-corrected chi connectivity index (χ1v) is 10.8. The molecule has 3 rings (SSSR count). The van der Waals surface area contributed by atoms with Crippen molar-refractivity contribution in [1.82, 2.24) is 0 Å². The molecule has 0 aliphatic heterocycles. The third kappa shape index (κ3) is 5.56. The van der Waals surface area contributed by atoms with Gasteiger partial charge in [-0.25, -0.2) is 9.59 Å². The smallest absolute Gasteiger partial charge is 0.333 e. The zero-order valence-corrected chi connectivity index (χ0v) is 19.2. The van der Waals surface area contributed by atoms with Crippen LogP contribution >= 0.6 is 0 Å². The van der Waals surface area contributed by atoms with Crippen molar-refractivity contribution in [2.75, 3.05) is 17.3 Å². The van der Waals surface area contributed by atoms with Crippen molar-refractivity contribution in [3.8, 4) is 0 Å². The van der Waals surface area contributed by atoms with E-state index < -0.39 is 24.1 Å². The summed E-state index contributed by atoms with van der Waals surface area (Å²) in [4.78, 5) is 38.9. The van der Waals surface area contributed by atoms with Gasteiger partial charge in [-0.05, 0) is 48.2 Å². The van der Waals surface area contributed by atoms with E-state index in [0.717, 1.165) is 11.1 Å². The van der Waals surface area contributed by atoms with Crippen LogP contribution in [0.5, 0.6) is 0 Å². The number of nitroso groups, excluding NO2 is 1. The standard InChI is InChI=1S/C27H27N3O4/c1-4-10-21-11-8-9-14-24(21)30(25(26(31)34-3)22-12-6-5-7-13-22)27(32)28-23-17-15-20(16-18-23)19(2)29-33/h4-9,11-19,25H,1,10H2,2-3H3,(H,28,32). The summed E-state index contributed by atoms with van der Waals surface area (Å²) in [5.74, 6) is -0.573. The lowest BCUT2D eigenvalue weighted by atomic mass is 10.0. The van der Waals surface area contributed by atoms with E-state index in [9.17, 15) is 14.5 Å². The summed E-state index contributed by atoms with van der Waals surface area (Å²) >= 11 is 0. The van der Waals surface area contributed by atoms with Crippen molar-refractivity contribution in [1.29, 1.82) is 0 Å². The number of para-hydroxylation sites is 1. The van der Waals surface area contributed by atoms with Gasteiger partial charge in [-0.1, -0.05) is 71.9 Å². The van der Waals surface area contributed by atoms with Gasteiger partial charge in [0.1, 0.15) is 6.04 Å². The molecule has 7 nitrogen and oxygen atoms in total. The lowest BCUT2D eigenvalue weighted by Gasteiger charge is -2.32. The third-order valence-electron chi connectivity index (χ3n) is 5.43. The average molecular weight is 458 g/mol. The number of nitrogens with one attached hydrogen (secondary N) is 1. The fourth-order valence-corrected chi connectivity index (χ4v) is 3.67. The van der Waals surface area contributed by atoms with E-state index in [1.807, 2.05) is 24.3 Å². The van der Waals surface area contributed by atoms with Gasteiger partial charge in [0.2, 0.25) is 0 Å². The Balaban J connectivity index is 2.07. The minimum absolute atomic E-state index is 0.492. The Morgan fingerprint density at radius 1 is 1.00 bits per heavy atom. The van der Waals surface area contributed by atoms with Gasteiger partial charge in [0.25, 0.3) is 0 Å². The van der Waals surface area contributed by atoms with Crippen LogP contribution in [0.2, 0.25) is 0 Å². The maximum Gasteiger partial charge on any atom is 0.333 e. The minimum atomic E-state index is -1.02. The molecule has 2 unspecified atom stereocenters. The van der Waals surface area contributed by atoms with E-state index in [1.165, 1.54) is 12.0 Å². The van der Waals surface area contributed by atoms with E-state index >= 15 is 0 Å². The first-order valence-electron chi connectivity index (χ1n) is 10.8.